The quantitative estimate of drug-likeness (QED) is 0.827. The van der Waals surface area contributed by atoms with Gasteiger partial charge in [0.15, 0.2) is 0 Å². The van der Waals surface area contributed by atoms with Gasteiger partial charge >= 0.3 is 0 Å². The van der Waals surface area contributed by atoms with Crippen LogP contribution in [0.15, 0.2) is 0 Å². The minimum absolute atomic E-state index is 0.0121. The average Bonchev–Trinajstić information content (AvgIpc) is 3.07. The predicted molar refractivity (Wildman–Crippen MR) is 69.9 cm³/mol. The van der Waals surface area contributed by atoms with Crippen LogP contribution in [0.25, 0.3) is 0 Å². The Hall–Kier alpha value is -1.06. The zero-order chi connectivity index (χ0) is 13.5. The van der Waals surface area contributed by atoms with Gasteiger partial charge in [-0.1, -0.05) is 13.3 Å². The lowest BCUT2D eigenvalue weighted by Crippen LogP contribution is -2.70. The van der Waals surface area contributed by atoms with Crippen molar-refractivity contribution >= 4 is 11.8 Å². The molecule has 0 aromatic heterocycles. The topological polar surface area (TPSA) is 49.4 Å². The average molecular weight is 252 g/mol. The number of hydrogen-bond acceptors (Lipinski definition) is 2. The molecule has 1 heterocycles. The van der Waals surface area contributed by atoms with E-state index >= 15 is 0 Å². The van der Waals surface area contributed by atoms with Crippen LogP contribution in [-0.4, -0.2) is 34.3 Å². The molecule has 0 aromatic carbocycles. The van der Waals surface area contributed by atoms with Crippen LogP contribution in [0.5, 0.6) is 0 Å². The highest BCUT2D eigenvalue weighted by Gasteiger charge is 2.51. The van der Waals surface area contributed by atoms with Crippen LogP contribution in [0.3, 0.4) is 0 Å². The smallest absolute Gasteiger partial charge is 0.246 e. The molecule has 2 fully saturated rings. The van der Waals surface area contributed by atoms with E-state index in [4.69, 9.17) is 0 Å². The first-order valence-electron chi connectivity index (χ1n) is 7.03. The van der Waals surface area contributed by atoms with E-state index in [1.54, 1.807) is 0 Å². The fourth-order valence-corrected chi connectivity index (χ4v) is 2.98. The summed E-state index contributed by atoms with van der Waals surface area (Å²) in [5, 5.41) is 2.92. The molecule has 0 spiro atoms. The van der Waals surface area contributed by atoms with Crippen molar-refractivity contribution in [3.8, 4) is 0 Å². The first kappa shape index (κ1) is 13.4. The summed E-state index contributed by atoms with van der Waals surface area (Å²) in [5.41, 5.74) is -0.725. The molecule has 1 aliphatic heterocycles. The van der Waals surface area contributed by atoms with Crippen molar-refractivity contribution in [2.75, 3.05) is 0 Å². The normalized spacial score (nSPS) is 29.1. The van der Waals surface area contributed by atoms with Crippen LogP contribution >= 0.6 is 0 Å². The van der Waals surface area contributed by atoms with Crippen molar-refractivity contribution in [2.45, 2.75) is 71.0 Å². The summed E-state index contributed by atoms with van der Waals surface area (Å²) in [5.74, 6) is 0.471. The first-order valence-corrected chi connectivity index (χ1v) is 7.03. The van der Waals surface area contributed by atoms with Gasteiger partial charge in [-0.15, -0.1) is 0 Å². The molecule has 18 heavy (non-hydrogen) atoms. The Balaban J connectivity index is 2.24. The molecule has 2 rings (SSSR count). The lowest BCUT2D eigenvalue weighted by atomic mass is 9.91. The highest BCUT2D eigenvalue weighted by molar-refractivity contribution is 5.99. The molecule has 1 saturated carbocycles. The van der Waals surface area contributed by atoms with Gasteiger partial charge in [0.2, 0.25) is 11.8 Å². The minimum atomic E-state index is -0.725. The van der Waals surface area contributed by atoms with E-state index in [0.717, 1.165) is 25.7 Å². The number of carbonyl (C=O) groups is 2. The lowest BCUT2D eigenvalue weighted by Gasteiger charge is -2.47. The first-order chi connectivity index (χ1) is 8.39. The third kappa shape index (κ3) is 2.13. The molecule has 2 atom stereocenters. The molecule has 0 aromatic rings. The largest absolute Gasteiger partial charge is 0.342 e. The van der Waals surface area contributed by atoms with E-state index < -0.39 is 5.54 Å². The zero-order valence-corrected chi connectivity index (χ0v) is 11.8. The zero-order valence-electron chi connectivity index (χ0n) is 11.8. The standard InChI is InChI=1S/C14H24N2O2/c1-5-6-9(2)16-12(17)11(10-7-8-10)15-13(18)14(16,3)4/h9-11H,5-8H2,1-4H3,(H,15,18). The summed E-state index contributed by atoms with van der Waals surface area (Å²) < 4.78 is 0. The minimum Gasteiger partial charge on any atom is -0.342 e. The van der Waals surface area contributed by atoms with Gasteiger partial charge in [0.1, 0.15) is 11.6 Å². The van der Waals surface area contributed by atoms with Crippen molar-refractivity contribution in [3.05, 3.63) is 0 Å². The summed E-state index contributed by atoms with van der Waals surface area (Å²) >= 11 is 0. The Kier molecular flexibility index (Phi) is 3.39. The third-order valence-corrected chi connectivity index (χ3v) is 4.19. The number of hydrogen-bond donors (Lipinski definition) is 1. The number of nitrogens with one attached hydrogen (secondary N) is 1. The predicted octanol–water partition coefficient (Wildman–Crippen LogP) is 1.69. The van der Waals surface area contributed by atoms with E-state index in [1.807, 2.05) is 25.7 Å². The molecule has 2 aliphatic rings. The van der Waals surface area contributed by atoms with Crippen LogP contribution in [0.4, 0.5) is 0 Å². The lowest BCUT2D eigenvalue weighted by molar-refractivity contribution is -0.159. The van der Waals surface area contributed by atoms with Crippen molar-refractivity contribution in [1.82, 2.24) is 10.2 Å². The molecule has 0 bridgehead atoms. The van der Waals surface area contributed by atoms with Gasteiger partial charge in [-0.05, 0) is 46.0 Å². The van der Waals surface area contributed by atoms with Crippen molar-refractivity contribution in [2.24, 2.45) is 5.92 Å². The van der Waals surface area contributed by atoms with Gasteiger partial charge in [0.05, 0.1) is 0 Å². The van der Waals surface area contributed by atoms with Crippen molar-refractivity contribution in [1.29, 1.82) is 0 Å². The van der Waals surface area contributed by atoms with E-state index in [9.17, 15) is 9.59 Å². The summed E-state index contributed by atoms with van der Waals surface area (Å²) in [4.78, 5) is 26.6. The van der Waals surface area contributed by atoms with Crippen LogP contribution in [0, 0.1) is 5.92 Å². The van der Waals surface area contributed by atoms with Crippen LogP contribution in [-0.2, 0) is 9.59 Å². The van der Waals surface area contributed by atoms with Crippen molar-refractivity contribution < 1.29 is 9.59 Å². The van der Waals surface area contributed by atoms with Crippen molar-refractivity contribution in [3.63, 3.8) is 0 Å². The Labute approximate surface area is 109 Å². The number of piperazine rings is 1. The maximum Gasteiger partial charge on any atom is 0.246 e. The molecule has 1 aliphatic carbocycles. The summed E-state index contributed by atoms with van der Waals surface area (Å²) in [7, 11) is 0. The molecule has 4 heteroatoms. The highest BCUT2D eigenvalue weighted by Crippen LogP contribution is 2.37. The maximum atomic E-state index is 12.6. The van der Waals surface area contributed by atoms with Gasteiger partial charge in [0.25, 0.3) is 0 Å². The summed E-state index contributed by atoms with van der Waals surface area (Å²) in [6.45, 7) is 7.84. The van der Waals surface area contributed by atoms with Crippen LogP contribution in [0.1, 0.15) is 53.4 Å². The fraction of sp³-hybridized carbons (Fsp3) is 0.857. The second-order valence-electron chi connectivity index (χ2n) is 6.19. The van der Waals surface area contributed by atoms with E-state index in [0.29, 0.717) is 5.92 Å². The van der Waals surface area contributed by atoms with Gasteiger partial charge in [-0.3, -0.25) is 9.59 Å². The molecule has 4 nitrogen and oxygen atoms in total. The Bertz CT molecular complexity index is 361. The van der Waals surface area contributed by atoms with Gasteiger partial charge in [-0.25, -0.2) is 0 Å². The van der Waals surface area contributed by atoms with Gasteiger partial charge in [0, 0.05) is 6.04 Å². The molecule has 1 N–H and O–H groups in total. The third-order valence-electron chi connectivity index (χ3n) is 4.19. The molecular weight excluding hydrogens is 228 g/mol. The maximum absolute atomic E-state index is 12.6. The van der Waals surface area contributed by atoms with E-state index in [2.05, 4.69) is 12.2 Å². The summed E-state index contributed by atoms with van der Waals surface area (Å²) in [6.07, 6.45) is 4.09. The van der Waals surface area contributed by atoms with E-state index in [1.165, 1.54) is 0 Å². The second-order valence-corrected chi connectivity index (χ2v) is 6.19. The molecule has 2 unspecified atom stereocenters. The molecule has 2 amide bonds. The van der Waals surface area contributed by atoms with Gasteiger partial charge in [-0.2, -0.15) is 0 Å². The second kappa shape index (κ2) is 4.56. The molecule has 1 saturated heterocycles. The van der Waals surface area contributed by atoms with Crippen LogP contribution < -0.4 is 5.32 Å². The number of nitrogens with zero attached hydrogens (tertiary/aromatic N) is 1. The highest BCUT2D eigenvalue weighted by atomic mass is 16.2. The monoisotopic (exact) mass is 252 g/mol. The summed E-state index contributed by atoms with van der Waals surface area (Å²) in [6, 6.07) is -0.144. The van der Waals surface area contributed by atoms with Crippen LogP contribution in [0.2, 0.25) is 0 Å². The SMILES string of the molecule is CCCC(C)N1C(=O)C(C2CC2)NC(=O)C1(C)C. The fourth-order valence-electron chi connectivity index (χ4n) is 2.98. The molecular formula is C14H24N2O2. The number of amides is 2. The number of rotatable bonds is 4. The van der Waals surface area contributed by atoms with Gasteiger partial charge < -0.3 is 10.2 Å². The Morgan fingerprint density at radius 3 is 2.50 bits per heavy atom. The Morgan fingerprint density at radius 2 is 2.00 bits per heavy atom. The van der Waals surface area contributed by atoms with E-state index in [-0.39, 0.29) is 23.9 Å². The Morgan fingerprint density at radius 1 is 1.39 bits per heavy atom. The molecule has 102 valence electrons. The number of carbonyl (C=O) groups excluding carboxylic acids is 2. The molecule has 0 radical (unpaired) electrons.